The summed E-state index contributed by atoms with van der Waals surface area (Å²) in [6, 6.07) is 8.69. The fourth-order valence-corrected chi connectivity index (χ4v) is 3.88. The van der Waals surface area contributed by atoms with Crippen molar-refractivity contribution < 1.29 is 4.79 Å². The highest BCUT2D eigenvalue weighted by molar-refractivity contribution is 6.11. The Morgan fingerprint density at radius 3 is 2.73 bits per heavy atom. The van der Waals surface area contributed by atoms with Crippen LogP contribution in [0.5, 0.6) is 0 Å². The van der Waals surface area contributed by atoms with Gasteiger partial charge in [-0.15, -0.1) is 0 Å². The van der Waals surface area contributed by atoms with Crippen molar-refractivity contribution in [1.29, 1.82) is 0 Å². The van der Waals surface area contributed by atoms with E-state index < -0.39 is 0 Å². The van der Waals surface area contributed by atoms with Gasteiger partial charge in [0.15, 0.2) is 5.78 Å². The molecular weight excluding hydrogens is 324 g/mol. The van der Waals surface area contributed by atoms with Gasteiger partial charge in [-0.2, -0.15) is 0 Å². The fraction of sp³-hybridized carbons (Fsp3) is 0.333. The van der Waals surface area contributed by atoms with E-state index in [2.05, 4.69) is 38.8 Å². The van der Waals surface area contributed by atoms with Crippen molar-refractivity contribution >= 4 is 22.4 Å². The second kappa shape index (κ2) is 6.92. The van der Waals surface area contributed by atoms with Crippen molar-refractivity contribution in [2.45, 2.75) is 32.7 Å². The summed E-state index contributed by atoms with van der Waals surface area (Å²) in [6.45, 7) is 5.66. The number of aromatic amines is 1. The molecule has 5 nitrogen and oxygen atoms in total. The molecule has 3 aromatic rings. The van der Waals surface area contributed by atoms with Crippen LogP contribution in [-0.4, -0.2) is 34.9 Å². The Morgan fingerprint density at radius 1 is 1.23 bits per heavy atom. The molecule has 1 aromatic carbocycles. The van der Waals surface area contributed by atoms with Crippen molar-refractivity contribution in [2.75, 3.05) is 18.4 Å². The minimum Gasteiger partial charge on any atom is -0.380 e. The van der Waals surface area contributed by atoms with Crippen LogP contribution >= 0.6 is 0 Å². The summed E-state index contributed by atoms with van der Waals surface area (Å²) < 4.78 is 0. The number of aromatic nitrogens is 2. The van der Waals surface area contributed by atoms with Gasteiger partial charge in [0.1, 0.15) is 0 Å². The van der Waals surface area contributed by atoms with Gasteiger partial charge in [-0.25, -0.2) is 0 Å². The molecule has 1 fully saturated rings. The number of benzene rings is 1. The van der Waals surface area contributed by atoms with E-state index in [-0.39, 0.29) is 5.78 Å². The number of nitrogens with zero attached hydrogens (tertiary/aromatic N) is 1. The first-order valence-electron chi connectivity index (χ1n) is 9.18. The molecule has 1 aliphatic heterocycles. The smallest absolute Gasteiger partial charge is 0.162 e. The van der Waals surface area contributed by atoms with Gasteiger partial charge in [0.2, 0.25) is 0 Å². The van der Waals surface area contributed by atoms with Crippen molar-refractivity contribution in [3.63, 3.8) is 0 Å². The number of rotatable bonds is 4. The van der Waals surface area contributed by atoms with Gasteiger partial charge in [0.25, 0.3) is 0 Å². The third kappa shape index (κ3) is 3.10. The van der Waals surface area contributed by atoms with Crippen LogP contribution in [0.25, 0.3) is 22.0 Å². The van der Waals surface area contributed by atoms with Gasteiger partial charge in [-0.05, 0) is 63.5 Å². The number of anilines is 1. The number of aryl methyl sites for hydroxylation is 1. The summed E-state index contributed by atoms with van der Waals surface area (Å²) in [5.41, 5.74) is 5.89. The largest absolute Gasteiger partial charge is 0.380 e. The number of pyridine rings is 1. The van der Waals surface area contributed by atoms with Crippen LogP contribution in [0, 0.1) is 6.92 Å². The predicted octanol–water partition coefficient (Wildman–Crippen LogP) is 3.90. The molecule has 0 radical (unpaired) electrons. The van der Waals surface area contributed by atoms with Crippen LogP contribution in [0.2, 0.25) is 0 Å². The quantitative estimate of drug-likeness (QED) is 0.625. The fourth-order valence-electron chi connectivity index (χ4n) is 3.88. The maximum atomic E-state index is 12.2. The number of carbonyl (C=O) groups excluding carboxylic acids is 1. The first-order valence-corrected chi connectivity index (χ1v) is 9.18. The summed E-state index contributed by atoms with van der Waals surface area (Å²) in [4.78, 5) is 19.9. The third-order valence-corrected chi connectivity index (χ3v) is 5.14. The second-order valence-electron chi connectivity index (χ2n) is 7.04. The summed E-state index contributed by atoms with van der Waals surface area (Å²) in [5, 5.41) is 8.09. The Balaban J connectivity index is 1.87. The average Bonchev–Trinajstić information content (AvgIpc) is 2.99. The van der Waals surface area contributed by atoms with Crippen LogP contribution in [0.4, 0.5) is 5.69 Å². The number of ketones is 1. The molecule has 3 N–H and O–H groups in total. The van der Waals surface area contributed by atoms with Crippen LogP contribution in [0.1, 0.15) is 35.8 Å². The van der Waals surface area contributed by atoms with Crippen molar-refractivity contribution in [3.05, 3.63) is 47.9 Å². The lowest BCUT2D eigenvalue weighted by Crippen LogP contribution is -2.35. The molecule has 4 rings (SSSR count). The number of Topliss-reactive ketones (excluding diaryl/α,β-unsaturated/α-hetero) is 1. The Bertz CT molecular complexity index is 940. The zero-order chi connectivity index (χ0) is 18.1. The van der Waals surface area contributed by atoms with E-state index in [4.69, 9.17) is 0 Å². The van der Waals surface area contributed by atoms with Crippen LogP contribution in [-0.2, 0) is 0 Å². The number of hydrogen-bond donors (Lipinski definition) is 3. The highest BCUT2D eigenvalue weighted by Crippen LogP contribution is 2.34. The lowest BCUT2D eigenvalue weighted by atomic mass is 9.99. The maximum absolute atomic E-state index is 12.2. The van der Waals surface area contributed by atoms with E-state index >= 15 is 0 Å². The van der Waals surface area contributed by atoms with Gasteiger partial charge in [0.05, 0.1) is 11.2 Å². The zero-order valence-electron chi connectivity index (χ0n) is 15.2. The lowest BCUT2D eigenvalue weighted by molar-refractivity contribution is 0.101. The molecule has 2 aromatic heterocycles. The molecule has 0 unspecified atom stereocenters. The average molecular weight is 348 g/mol. The highest BCUT2D eigenvalue weighted by Gasteiger charge is 2.19. The summed E-state index contributed by atoms with van der Waals surface area (Å²) in [6.07, 6.45) is 5.83. The lowest BCUT2D eigenvalue weighted by Gasteiger charge is -2.25. The normalized spacial score (nSPS) is 15.3. The van der Waals surface area contributed by atoms with Crippen LogP contribution in [0.15, 0.2) is 36.7 Å². The Hall–Kier alpha value is -2.66. The standard InChI is InChI=1S/C21H24N4O/c1-13-20(14(2)26)18-10-16(15-4-3-7-23-12-15)11-19(21(18)24-13)25-17-5-8-22-9-6-17/h3-4,7,10-12,17,22,24-25H,5-6,8-9H2,1-2H3. The van der Waals surface area contributed by atoms with Crippen molar-refractivity contribution in [3.8, 4) is 11.1 Å². The third-order valence-electron chi connectivity index (χ3n) is 5.14. The molecule has 26 heavy (non-hydrogen) atoms. The molecule has 1 saturated heterocycles. The SMILES string of the molecule is CC(=O)c1c(C)[nH]c2c(NC3CCNCC3)cc(-c3cccnc3)cc12. The molecule has 0 amide bonds. The van der Waals surface area contributed by atoms with E-state index in [9.17, 15) is 4.79 Å². The molecule has 1 aliphatic rings. The molecule has 134 valence electrons. The number of piperidine rings is 1. The molecule has 0 aliphatic carbocycles. The van der Waals surface area contributed by atoms with Crippen molar-refractivity contribution in [2.24, 2.45) is 0 Å². The van der Waals surface area contributed by atoms with Gasteiger partial charge in [0, 0.05) is 40.6 Å². The number of H-pyrrole nitrogens is 1. The Kier molecular flexibility index (Phi) is 4.47. The second-order valence-corrected chi connectivity index (χ2v) is 7.04. The Labute approximate surface area is 153 Å². The molecule has 3 heterocycles. The molecular formula is C21H24N4O. The number of carbonyl (C=O) groups is 1. The molecule has 5 heteroatoms. The number of nitrogens with one attached hydrogen (secondary N) is 3. The minimum atomic E-state index is 0.0879. The topological polar surface area (TPSA) is 69.8 Å². The maximum Gasteiger partial charge on any atom is 0.162 e. The van der Waals surface area contributed by atoms with Crippen LogP contribution < -0.4 is 10.6 Å². The molecule has 0 atom stereocenters. The van der Waals surface area contributed by atoms with Gasteiger partial charge < -0.3 is 15.6 Å². The number of hydrogen-bond acceptors (Lipinski definition) is 4. The van der Waals surface area contributed by atoms with E-state index in [1.165, 1.54) is 0 Å². The van der Waals surface area contributed by atoms with Gasteiger partial charge in [-0.3, -0.25) is 9.78 Å². The van der Waals surface area contributed by atoms with Gasteiger partial charge in [-0.1, -0.05) is 6.07 Å². The first kappa shape index (κ1) is 16.8. The predicted molar refractivity (Wildman–Crippen MR) is 106 cm³/mol. The molecule has 0 spiro atoms. The van der Waals surface area contributed by atoms with Crippen molar-refractivity contribution in [1.82, 2.24) is 15.3 Å². The molecule has 0 bridgehead atoms. The minimum absolute atomic E-state index is 0.0879. The van der Waals surface area contributed by atoms with E-state index in [0.29, 0.717) is 6.04 Å². The van der Waals surface area contributed by atoms with E-state index in [1.807, 2.05) is 19.2 Å². The molecule has 0 saturated carbocycles. The highest BCUT2D eigenvalue weighted by atomic mass is 16.1. The van der Waals surface area contributed by atoms with E-state index in [1.54, 1.807) is 13.1 Å². The first-order chi connectivity index (χ1) is 12.6. The zero-order valence-corrected chi connectivity index (χ0v) is 15.2. The summed E-state index contributed by atoms with van der Waals surface area (Å²) in [5.74, 6) is 0.0879. The van der Waals surface area contributed by atoms with Crippen LogP contribution in [0.3, 0.4) is 0 Å². The summed E-state index contributed by atoms with van der Waals surface area (Å²) in [7, 11) is 0. The van der Waals surface area contributed by atoms with Gasteiger partial charge >= 0.3 is 0 Å². The Morgan fingerprint density at radius 2 is 2.04 bits per heavy atom. The monoisotopic (exact) mass is 348 g/mol. The van der Waals surface area contributed by atoms with E-state index in [0.717, 1.165) is 64.9 Å². The number of fused-ring (bicyclic) bond motifs is 1. The summed E-state index contributed by atoms with van der Waals surface area (Å²) >= 11 is 0.